The predicted octanol–water partition coefficient (Wildman–Crippen LogP) is 4.92. The van der Waals surface area contributed by atoms with Gasteiger partial charge in [-0.1, -0.05) is 29.4 Å². The number of sulfonamides is 1. The van der Waals surface area contributed by atoms with E-state index in [1.807, 2.05) is 0 Å². The Hall–Kier alpha value is -3.37. The monoisotopic (exact) mass is 457 g/mol. The Labute approximate surface area is 181 Å². The van der Waals surface area contributed by atoms with Crippen molar-refractivity contribution in [1.82, 2.24) is 10.1 Å². The molecule has 2 heterocycles. The van der Waals surface area contributed by atoms with Crippen LogP contribution < -0.4 is 4.72 Å². The molecule has 0 aliphatic carbocycles. The first kappa shape index (κ1) is 20.9. The second-order valence-electron chi connectivity index (χ2n) is 6.71. The number of carbonyl (C=O) groups is 1. The Balaban J connectivity index is 1.63. The van der Waals surface area contributed by atoms with Crippen LogP contribution in [0, 0.1) is 12.7 Å². The van der Waals surface area contributed by atoms with E-state index >= 15 is 0 Å². The zero-order chi connectivity index (χ0) is 22.2. The fourth-order valence-corrected chi connectivity index (χ4v) is 5.48. The molecule has 7 nitrogen and oxygen atoms in total. The SMILES string of the molecule is CC(=O)c1cccc(NS(=O)(=O)c2cc(-c3nc(-c4cccc(F)c4)no3)sc2C)c1. The van der Waals surface area contributed by atoms with Crippen LogP contribution in [0.5, 0.6) is 0 Å². The first-order valence-corrected chi connectivity index (χ1v) is 11.4. The van der Waals surface area contributed by atoms with Gasteiger partial charge in [0.1, 0.15) is 10.7 Å². The van der Waals surface area contributed by atoms with Crippen molar-refractivity contribution >= 4 is 32.8 Å². The van der Waals surface area contributed by atoms with E-state index in [1.54, 1.807) is 31.2 Å². The molecular formula is C21H16FN3O4S2. The average molecular weight is 458 g/mol. The number of thiophene rings is 1. The number of aromatic nitrogens is 2. The van der Waals surface area contributed by atoms with Crippen molar-refractivity contribution in [3.05, 3.63) is 70.9 Å². The quantitative estimate of drug-likeness (QED) is 0.413. The summed E-state index contributed by atoms with van der Waals surface area (Å²) in [6, 6.07) is 13.5. The summed E-state index contributed by atoms with van der Waals surface area (Å²) in [4.78, 5) is 16.9. The van der Waals surface area contributed by atoms with E-state index in [9.17, 15) is 17.6 Å². The fraction of sp³-hybridized carbons (Fsp3) is 0.0952. The van der Waals surface area contributed by atoms with Crippen LogP contribution in [0.25, 0.3) is 22.2 Å². The maximum Gasteiger partial charge on any atom is 0.268 e. The molecule has 1 N–H and O–H groups in total. The summed E-state index contributed by atoms with van der Waals surface area (Å²) in [5, 5.41) is 3.86. The van der Waals surface area contributed by atoms with Crippen molar-refractivity contribution in [2.45, 2.75) is 18.7 Å². The molecule has 4 rings (SSSR count). The molecule has 0 amide bonds. The first-order chi connectivity index (χ1) is 14.7. The molecule has 0 bridgehead atoms. The Morgan fingerprint density at radius 2 is 1.90 bits per heavy atom. The molecule has 158 valence electrons. The number of nitrogens with zero attached hydrogens (tertiary/aromatic N) is 2. The fourth-order valence-electron chi connectivity index (χ4n) is 2.92. The number of hydrogen-bond acceptors (Lipinski definition) is 7. The lowest BCUT2D eigenvalue weighted by atomic mass is 10.1. The van der Waals surface area contributed by atoms with E-state index in [0.29, 0.717) is 20.9 Å². The molecular weight excluding hydrogens is 441 g/mol. The van der Waals surface area contributed by atoms with Crippen LogP contribution >= 0.6 is 11.3 Å². The van der Waals surface area contributed by atoms with Gasteiger partial charge < -0.3 is 4.52 Å². The Bertz CT molecular complexity index is 1390. The van der Waals surface area contributed by atoms with E-state index in [1.165, 1.54) is 48.6 Å². The summed E-state index contributed by atoms with van der Waals surface area (Å²) >= 11 is 1.18. The minimum atomic E-state index is -3.91. The van der Waals surface area contributed by atoms with Crippen LogP contribution in [0.1, 0.15) is 22.2 Å². The van der Waals surface area contributed by atoms with Crippen molar-refractivity contribution in [2.24, 2.45) is 0 Å². The molecule has 31 heavy (non-hydrogen) atoms. The number of carbonyl (C=O) groups excluding carboxylic acids is 1. The first-order valence-electron chi connectivity index (χ1n) is 9.07. The lowest BCUT2D eigenvalue weighted by Gasteiger charge is -2.08. The molecule has 2 aromatic heterocycles. The van der Waals surface area contributed by atoms with Crippen LogP contribution in [-0.2, 0) is 10.0 Å². The standard InChI is InChI=1S/C21H16FN3O4S2/c1-12(26)14-5-4-8-17(10-14)25-31(27,28)19-11-18(30-13(19)2)21-23-20(24-29-21)15-6-3-7-16(22)9-15/h3-11,25H,1-2H3. The Morgan fingerprint density at radius 3 is 2.65 bits per heavy atom. The smallest absolute Gasteiger partial charge is 0.268 e. The Morgan fingerprint density at radius 1 is 1.13 bits per heavy atom. The second-order valence-corrected chi connectivity index (χ2v) is 9.61. The van der Waals surface area contributed by atoms with Gasteiger partial charge in [0.2, 0.25) is 5.82 Å². The molecule has 0 fully saturated rings. The highest BCUT2D eigenvalue weighted by atomic mass is 32.2. The van der Waals surface area contributed by atoms with Gasteiger partial charge in [0.05, 0.1) is 4.88 Å². The normalized spacial score (nSPS) is 11.5. The van der Waals surface area contributed by atoms with Crippen molar-refractivity contribution in [3.63, 3.8) is 0 Å². The third-order valence-electron chi connectivity index (χ3n) is 4.40. The zero-order valence-electron chi connectivity index (χ0n) is 16.4. The van der Waals surface area contributed by atoms with Crippen molar-refractivity contribution < 1.29 is 22.1 Å². The number of aryl methyl sites for hydroxylation is 1. The van der Waals surface area contributed by atoms with Crippen molar-refractivity contribution in [2.75, 3.05) is 4.72 Å². The van der Waals surface area contributed by atoms with Gasteiger partial charge in [-0.05, 0) is 44.2 Å². The lowest BCUT2D eigenvalue weighted by Crippen LogP contribution is -2.13. The number of Topliss-reactive ketones (excluding diaryl/α,β-unsaturated/α-hetero) is 1. The van der Waals surface area contributed by atoms with E-state index in [-0.39, 0.29) is 28.1 Å². The number of hydrogen-bond donors (Lipinski definition) is 1. The van der Waals surface area contributed by atoms with E-state index in [4.69, 9.17) is 4.52 Å². The molecule has 0 radical (unpaired) electrons. The van der Waals surface area contributed by atoms with E-state index < -0.39 is 15.8 Å². The maximum atomic E-state index is 13.4. The average Bonchev–Trinajstić information content (AvgIpc) is 3.35. The van der Waals surface area contributed by atoms with Gasteiger partial charge in [-0.2, -0.15) is 4.98 Å². The summed E-state index contributed by atoms with van der Waals surface area (Å²) in [7, 11) is -3.91. The molecule has 0 aliphatic rings. The van der Waals surface area contributed by atoms with Crippen LogP contribution in [0.4, 0.5) is 10.1 Å². The summed E-state index contributed by atoms with van der Waals surface area (Å²) < 4.78 is 47.0. The zero-order valence-corrected chi connectivity index (χ0v) is 18.1. The molecule has 0 saturated carbocycles. The van der Waals surface area contributed by atoms with E-state index in [0.717, 1.165) is 0 Å². The number of halogens is 1. The van der Waals surface area contributed by atoms with Crippen LogP contribution in [0.2, 0.25) is 0 Å². The molecule has 10 heteroatoms. The lowest BCUT2D eigenvalue weighted by molar-refractivity contribution is 0.101. The summed E-state index contributed by atoms with van der Waals surface area (Å²) in [6.45, 7) is 3.07. The molecule has 0 spiro atoms. The van der Waals surface area contributed by atoms with Crippen molar-refractivity contribution in [1.29, 1.82) is 0 Å². The third-order valence-corrected chi connectivity index (χ3v) is 7.08. The summed E-state index contributed by atoms with van der Waals surface area (Å²) in [5.41, 5.74) is 1.13. The highest BCUT2D eigenvalue weighted by molar-refractivity contribution is 7.93. The number of rotatable bonds is 6. The van der Waals surface area contributed by atoms with Crippen LogP contribution in [-0.4, -0.2) is 24.3 Å². The van der Waals surface area contributed by atoms with E-state index in [2.05, 4.69) is 14.9 Å². The number of ketones is 1. The number of benzene rings is 2. The molecule has 2 aromatic carbocycles. The molecule has 0 aliphatic heterocycles. The van der Waals surface area contributed by atoms with Gasteiger partial charge in [-0.3, -0.25) is 9.52 Å². The second kappa shape index (κ2) is 8.05. The number of anilines is 1. The topological polar surface area (TPSA) is 102 Å². The molecule has 0 saturated heterocycles. The third kappa shape index (κ3) is 4.39. The summed E-state index contributed by atoms with van der Waals surface area (Å²) in [5.74, 6) is -0.263. The molecule has 0 atom stereocenters. The minimum Gasteiger partial charge on any atom is -0.333 e. The molecule has 4 aromatic rings. The summed E-state index contributed by atoms with van der Waals surface area (Å²) in [6.07, 6.45) is 0. The number of nitrogens with one attached hydrogen (secondary N) is 1. The van der Waals surface area contributed by atoms with Gasteiger partial charge in [0.15, 0.2) is 5.78 Å². The van der Waals surface area contributed by atoms with Gasteiger partial charge >= 0.3 is 0 Å². The van der Waals surface area contributed by atoms with Gasteiger partial charge in [0.25, 0.3) is 15.9 Å². The largest absolute Gasteiger partial charge is 0.333 e. The highest BCUT2D eigenvalue weighted by Gasteiger charge is 2.23. The highest BCUT2D eigenvalue weighted by Crippen LogP contribution is 2.34. The minimum absolute atomic E-state index is 0.0613. The Kier molecular flexibility index (Phi) is 5.42. The van der Waals surface area contributed by atoms with Crippen LogP contribution in [0.3, 0.4) is 0 Å². The predicted molar refractivity (Wildman–Crippen MR) is 115 cm³/mol. The van der Waals surface area contributed by atoms with Crippen LogP contribution in [0.15, 0.2) is 64.0 Å². The molecule has 0 unspecified atom stereocenters. The van der Waals surface area contributed by atoms with Gasteiger partial charge in [0, 0.05) is 21.7 Å². The maximum absolute atomic E-state index is 13.4. The van der Waals surface area contributed by atoms with Crippen molar-refractivity contribution in [3.8, 4) is 22.2 Å². The van der Waals surface area contributed by atoms with Gasteiger partial charge in [-0.15, -0.1) is 11.3 Å². The van der Waals surface area contributed by atoms with Gasteiger partial charge in [-0.25, -0.2) is 12.8 Å².